The molecule has 0 saturated carbocycles. The standard InChI is InChI=1S/C14H16BrClO3S/c1-2-19-13(17)5-3-4-11(15)14(18)10-8-9(16)6-7-12(10)20/h6-8,11,20H,2-5H2,1H3. The normalized spacial score (nSPS) is 12.0. The molecule has 1 aromatic carbocycles. The number of ether oxygens (including phenoxy) is 1. The summed E-state index contributed by atoms with van der Waals surface area (Å²) >= 11 is 13.5. The van der Waals surface area contributed by atoms with Crippen molar-refractivity contribution in [1.29, 1.82) is 0 Å². The molecule has 0 N–H and O–H groups in total. The van der Waals surface area contributed by atoms with Crippen LogP contribution in [0.3, 0.4) is 0 Å². The number of ketones is 1. The van der Waals surface area contributed by atoms with Crippen LogP contribution in [-0.4, -0.2) is 23.2 Å². The van der Waals surface area contributed by atoms with E-state index in [4.69, 9.17) is 16.3 Å². The fourth-order valence-electron chi connectivity index (χ4n) is 1.66. The predicted molar refractivity (Wildman–Crippen MR) is 86.2 cm³/mol. The van der Waals surface area contributed by atoms with Crippen LogP contribution >= 0.6 is 40.2 Å². The Morgan fingerprint density at radius 1 is 1.45 bits per heavy atom. The first kappa shape index (κ1) is 17.5. The van der Waals surface area contributed by atoms with Gasteiger partial charge in [-0.1, -0.05) is 27.5 Å². The van der Waals surface area contributed by atoms with Crippen LogP contribution in [0.1, 0.15) is 36.5 Å². The molecule has 3 nitrogen and oxygen atoms in total. The highest BCUT2D eigenvalue weighted by atomic mass is 79.9. The molecule has 1 aromatic rings. The van der Waals surface area contributed by atoms with Crippen molar-refractivity contribution in [1.82, 2.24) is 0 Å². The van der Waals surface area contributed by atoms with Crippen molar-refractivity contribution < 1.29 is 14.3 Å². The Morgan fingerprint density at radius 3 is 2.80 bits per heavy atom. The summed E-state index contributed by atoms with van der Waals surface area (Å²) in [5, 5.41) is 0.498. The quantitative estimate of drug-likeness (QED) is 0.332. The number of Topliss-reactive ketones (excluding diaryl/α,β-unsaturated/α-hetero) is 1. The van der Waals surface area contributed by atoms with Gasteiger partial charge in [0.15, 0.2) is 5.78 Å². The second-order valence-electron chi connectivity index (χ2n) is 4.19. The van der Waals surface area contributed by atoms with Gasteiger partial charge in [-0.25, -0.2) is 0 Å². The van der Waals surface area contributed by atoms with E-state index in [0.29, 0.717) is 41.4 Å². The minimum absolute atomic E-state index is 0.0821. The number of hydrogen-bond donors (Lipinski definition) is 1. The van der Waals surface area contributed by atoms with Crippen molar-refractivity contribution in [2.24, 2.45) is 0 Å². The lowest BCUT2D eigenvalue weighted by Crippen LogP contribution is -2.15. The molecule has 1 atom stereocenters. The fourth-order valence-corrected chi connectivity index (χ4v) is 2.66. The van der Waals surface area contributed by atoms with Gasteiger partial charge in [0.25, 0.3) is 0 Å². The molecule has 0 spiro atoms. The number of thiol groups is 1. The molecule has 110 valence electrons. The first-order valence-electron chi connectivity index (χ1n) is 6.28. The number of benzene rings is 1. The lowest BCUT2D eigenvalue weighted by molar-refractivity contribution is -0.143. The predicted octanol–water partition coefficient (Wildman–Crippen LogP) is 4.31. The lowest BCUT2D eigenvalue weighted by Gasteiger charge is -2.10. The molecule has 0 heterocycles. The van der Waals surface area contributed by atoms with Gasteiger partial charge in [-0.15, -0.1) is 12.6 Å². The van der Waals surface area contributed by atoms with Gasteiger partial charge in [-0.05, 0) is 38.0 Å². The Bertz CT molecular complexity index is 493. The van der Waals surface area contributed by atoms with E-state index in [1.807, 2.05) is 0 Å². The third kappa shape index (κ3) is 5.46. The fraction of sp³-hybridized carbons (Fsp3) is 0.429. The third-order valence-electron chi connectivity index (χ3n) is 2.65. The smallest absolute Gasteiger partial charge is 0.305 e. The maximum absolute atomic E-state index is 12.2. The Kier molecular flexibility index (Phi) is 7.62. The van der Waals surface area contributed by atoms with E-state index < -0.39 is 0 Å². The summed E-state index contributed by atoms with van der Waals surface area (Å²) in [7, 11) is 0. The van der Waals surface area contributed by atoms with Crippen molar-refractivity contribution in [3.05, 3.63) is 28.8 Å². The molecule has 0 fully saturated rings. The van der Waals surface area contributed by atoms with Gasteiger partial charge in [0.2, 0.25) is 0 Å². The summed E-state index contributed by atoms with van der Waals surface area (Å²) in [5.41, 5.74) is 0.485. The number of esters is 1. The zero-order valence-electron chi connectivity index (χ0n) is 11.1. The van der Waals surface area contributed by atoms with E-state index in [1.165, 1.54) is 0 Å². The number of rotatable bonds is 7. The topological polar surface area (TPSA) is 43.4 Å². The van der Waals surface area contributed by atoms with Gasteiger partial charge in [-0.3, -0.25) is 9.59 Å². The Morgan fingerprint density at radius 2 is 2.15 bits per heavy atom. The van der Waals surface area contributed by atoms with E-state index in [2.05, 4.69) is 28.6 Å². The summed E-state index contributed by atoms with van der Waals surface area (Å²) in [6, 6.07) is 4.98. The molecular weight excluding hydrogens is 364 g/mol. The van der Waals surface area contributed by atoms with Gasteiger partial charge in [0.1, 0.15) is 0 Å². The zero-order valence-corrected chi connectivity index (χ0v) is 14.3. The van der Waals surface area contributed by atoms with Crippen molar-refractivity contribution in [2.45, 2.75) is 35.9 Å². The van der Waals surface area contributed by atoms with Crippen molar-refractivity contribution >= 4 is 51.9 Å². The van der Waals surface area contributed by atoms with Crippen molar-refractivity contribution in [3.63, 3.8) is 0 Å². The van der Waals surface area contributed by atoms with Gasteiger partial charge in [0, 0.05) is 21.9 Å². The van der Waals surface area contributed by atoms with Gasteiger partial charge >= 0.3 is 5.97 Å². The minimum Gasteiger partial charge on any atom is -0.466 e. The average Bonchev–Trinajstić information content (AvgIpc) is 2.41. The molecule has 20 heavy (non-hydrogen) atoms. The van der Waals surface area contributed by atoms with Crippen LogP contribution in [0.2, 0.25) is 5.02 Å². The van der Waals surface area contributed by atoms with E-state index in [-0.39, 0.29) is 16.6 Å². The molecule has 1 unspecified atom stereocenters. The molecular formula is C14H16BrClO3S. The van der Waals surface area contributed by atoms with Crippen LogP contribution in [0.25, 0.3) is 0 Å². The summed E-state index contributed by atoms with van der Waals surface area (Å²) in [4.78, 5) is 23.7. The van der Waals surface area contributed by atoms with Gasteiger partial charge in [-0.2, -0.15) is 0 Å². The van der Waals surface area contributed by atoms with E-state index >= 15 is 0 Å². The third-order valence-corrected chi connectivity index (χ3v) is 4.15. The van der Waals surface area contributed by atoms with E-state index in [9.17, 15) is 9.59 Å². The van der Waals surface area contributed by atoms with Gasteiger partial charge < -0.3 is 4.74 Å². The first-order valence-corrected chi connectivity index (χ1v) is 8.02. The molecule has 6 heteroatoms. The second-order valence-corrected chi connectivity index (χ2v) is 6.21. The lowest BCUT2D eigenvalue weighted by atomic mass is 10.0. The molecule has 0 aliphatic rings. The summed E-state index contributed by atoms with van der Waals surface area (Å²) < 4.78 is 4.83. The average molecular weight is 380 g/mol. The summed E-state index contributed by atoms with van der Waals surface area (Å²) in [6.07, 6.45) is 1.45. The Balaban J connectivity index is 2.55. The number of alkyl halides is 1. The molecule has 1 rings (SSSR count). The molecule has 0 aliphatic carbocycles. The monoisotopic (exact) mass is 378 g/mol. The second kappa shape index (κ2) is 8.70. The SMILES string of the molecule is CCOC(=O)CCCC(Br)C(=O)c1cc(Cl)ccc1S. The van der Waals surface area contributed by atoms with E-state index in [0.717, 1.165) is 0 Å². The largest absolute Gasteiger partial charge is 0.466 e. The Labute approximate surface area is 137 Å². The number of carbonyl (C=O) groups is 2. The number of halogens is 2. The van der Waals surface area contributed by atoms with Crippen LogP contribution < -0.4 is 0 Å². The Hall–Kier alpha value is -0.520. The van der Waals surface area contributed by atoms with E-state index in [1.54, 1.807) is 25.1 Å². The first-order chi connectivity index (χ1) is 9.45. The molecule has 0 amide bonds. The van der Waals surface area contributed by atoms with Crippen molar-refractivity contribution in [2.75, 3.05) is 6.61 Å². The van der Waals surface area contributed by atoms with Crippen LogP contribution in [0.15, 0.2) is 23.1 Å². The highest BCUT2D eigenvalue weighted by molar-refractivity contribution is 9.10. The highest BCUT2D eigenvalue weighted by Gasteiger charge is 2.19. The number of hydrogen-bond acceptors (Lipinski definition) is 4. The summed E-state index contributed by atoms with van der Waals surface area (Å²) in [6.45, 7) is 2.14. The zero-order chi connectivity index (χ0) is 15.1. The molecule has 0 bridgehead atoms. The van der Waals surface area contributed by atoms with Crippen LogP contribution in [0.5, 0.6) is 0 Å². The molecule has 0 aliphatic heterocycles. The number of carbonyl (C=O) groups excluding carboxylic acids is 2. The molecule has 0 saturated heterocycles. The van der Waals surface area contributed by atoms with Crippen LogP contribution in [0.4, 0.5) is 0 Å². The van der Waals surface area contributed by atoms with Crippen molar-refractivity contribution in [3.8, 4) is 0 Å². The van der Waals surface area contributed by atoms with Crippen LogP contribution in [-0.2, 0) is 9.53 Å². The van der Waals surface area contributed by atoms with Crippen LogP contribution in [0, 0.1) is 0 Å². The summed E-state index contributed by atoms with van der Waals surface area (Å²) in [5.74, 6) is -0.321. The maximum atomic E-state index is 12.2. The molecule has 0 radical (unpaired) electrons. The van der Waals surface area contributed by atoms with Gasteiger partial charge in [0.05, 0.1) is 11.4 Å². The highest BCUT2D eigenvalue weighted by Crippen LogP contribution is 2.24. The maximum Gasteiger partial charge on any atom is 0.305 e. The molecule has 0 aromatic heterocycles. The minimum atomic E-state index is -0.360.